The van der Waals surface area contributed by atoms with E-state index in [0.717, 1.165) is 11.1 Å². The summed E-state index contributed by atoms with van der Waals surface area (Å²) in [4.78, 5) is 41.3. The molecule has 0 bridgehead atoms. The van der Waals surface area contributed by atoms with Crippen LogP contribution in [0.15, 0.2) is 72.0 Å². The second-order valence-corrected chi connectivity index (χ2v) is 11.7. The van der Waals surface area contributed by atoms with Crippen molar-refractivity contribution in [3.05, 3.63) is 99.8 Å². The van der Waals surface area contributed by atoms with Crippen molar-refractivity contribution in [2.45, 2.75) is 53.1 Å². The van der Waals surface area contributed by atoms with E-state index in [4.69, 9.17) is 9.47 Å². The first-order chi connectivity index (χ1) is 18.5. The quantitative estimate of drug-likeness (QED) is 0.392. The van der Waals surface area contributed by atoms with Crippen molar-refractivity contribution in [1.29, 1.82) is 0 Å². The lowest BCUT2D eigenvalue weighted by atomic mass is 9.59. The molecule has 198 valence electrons. The van der Waals surface area contributed by atoms with Gasteiger partial charge in [-0.15, -0.1) is 0 Å². The Morgan fingerprint density at radius 3 is 2.03 bits per heavy atom. The third kappa shape index (κ3) is 3.43. The van der Waals surface area contributed by atoms with Crippen molar-refractivity contribution < 1.29 is 29.0 Å². The van der Waals surface area contributed by atoms with E-state index in [2.05, 4.69) is 0 Å². The fourth-order valence-corrected chi connectivity index (χ4v) is 6.36. The lowest BCUT2D eigenvalue weighted by Crippen LogP contribution is -2.51. The molecule has 2 atom stereocenters. The molecule has 0 radical (unpaired) electrons. The summed E-state index contributed by atoms with van der Waals surface area (Å²) in [7, 11) is 0. The molecule has 39 heavy (non-hydrogen) atoms. The number of ether oxygens (including phenoxy) is 2. The molecule has 2 heterocycles. The van der Waals surface area contributed by atoms with Gasteiger partial charge in [0.15, 0.2) is 17.3 Å². The van der Waals surface area contributed by atoms with Crippen LogP contribution in [0.3, 0.4) is 0 Å². The molecule has 1 N–H and O–H groups in total. The predicted molar refractivity (Wildman–Crippen MR) is 145 cm³/mol. The Balaban J connectivity index is 1.68. The van der Waals surface area contributed by atoms with E-state index in [9.17, 15) is 19.5 Å². The molecule has 1 aliphatic carbocycles. The van der Waals surface area contributed by atoms with Crippen molar-refractivity contribution >= 4 is 17.3 Å². The third-order valence-corrected chi connectivity index (χ3v) is 8.40. The molecule has 3 aliphatic rings. The minimum Gasteiger partial charge on any atom is -0.507 e. The van der Waals surface area contributed by atoms with Crippen LogP contribution in [-0.4, -0.2) is 22.5 Å². The Labute approximate surface area is 227 Å². The van der Waals surface area contributed by atoms with Crippen LogP contribution >= 0.6 is 0 Å². The average Bonchev–Trinajstić information content (AvgIpc) is 2.93. The maximum atomic E-state index is 14.1. The number of phenols is 1. The molecule has 3 aromatic rings. The van der Waals surface area contributed by atoms with Gasteiger partial charge in [0.2, 0.25) is 0 Å². The first-order valence-corrected chi connectivity index (χ1v) is 13.2. The van der Waals surface area contributed by atoms with Crippen LogP contribution in [0.2, 0.25) is 0 Å². The van der Waals surface area contributed by atoms with Crippen molar-refractivity contribution in [2.75, 3.05) is 0 Å². The molecule has 6 rings (SSSR count). The van der Waals surface area contributed by atoms with Crippen molar-refractivity contribution in [3.8, 4) is 17.2 Å². The SMILES string of the molecule is Cc1c(O)c2c(c3c1OC1=C(C(=O)C(C)(C)C(=O)C1(C)C)C3c1ccccc1)O[C@H](c1ccccc1)CC2=O. The molecular weight excluding hydrogens is 492 g/mol. The Bertz CT molecular complexity index is 1590. The second-order valence-electron chi connectivity index (χ2n) is 11.7. The first-order valence-electron chi connectivity index (χ1n) is 13.2. The number of rotatable bonds is 2. The summed E-state index contributed by atoms with van der Waals surface area (Å²) in [5, 5.41) is 11.3. The van der Waals surface area contributed by atoms with Gasteiger partial charge in [-0.3, -0.25) is 14.4 Å². The highest BCUT2D eigenvalue weighted by Gasteiger charge is 2.58. The normalized spacial score (nSPS) is 22.8. The van der Waals surface area contributed by atoms with Crippen LogP contribution in [0.1, 0.15) is 78.7 Å². The molecule has 6 nitrogen and oxygen atoms in total. The van der Waals surface area contributed by atoms with E-state index >= 15 is 0 Å². The molecule has 3 aromatic carbocycles. The molecule has 6 heteroatoms. The van der Waals surface area contributed by atoms with Crippen LogP contribution in [-0.2, 0) is 9.59 Å². The highest BCUT2D eigenvalue weighted by molar-refractivity contribution is 6.20. The number of hydrogen-bond acceptors (Lipinski definition) is 6. The van der Waals surface area contributed by atoms with Crippen LogP contribution in [0.25, 0.3) is 0 Å². The number of Topliss-reactive ketones (excluding diaryl/α,β-unsaturated/α-hetero) is 3. The van der Waals surface area contributed by atoms with Crippen LogP contribution in [0.5, 0.6) is 17.2 Å². The van der Waals surface area contributed by atoms with Gasteiger partial charge in [0.05, 0.1) is 22.8 Å². The Morgan fingerprint density at radius 1 is 0.821 bits per heavy atom. The molecule has 0 fully saturated rings. The molecule has 0 amide bonds. The highest BCUT2D eigenvalue weighted by Crippen LogP contribution is 2.60. The van der Waals surface area contributed by atoms with E-state index in [1.165, 1.54) is 0 Å². The number of allylic oxidation sites excluding steroid dienone is 2. The van der Waals surface area contributed by atoms with Gasteiger partial charge in [-0.25, -0.2) is 0 Å². The van der Waals surface area contributed by atoms with Crippen molar-refractivity contribution in [2.24, 2.45) is 10.8 Å². The number of benzene rings is 3. The highest BCUT2D eigenvalue weighted by atomic mass is 16.5. The summed E-state index contributed by atoms with van der Waals surface area (Å²) in [6.07, 6.45) is -0.498. The smallest absolute Gasteiger partial charge is 0.176 e. The van der Waals surface area contributed by atoms with Crippen LogP contribution in [0, 0.1) is 17.8 Å². The Kier molecular flexibility index (Phi) is 5.41. The molecule has 1 unspecified atom stereocenters. The van der Waals surface area contributed by atoms with Crippen LogP contribution in [0.4, 0.5) is 0 Å². The zero-order valence-electron chi connectivity index (χ0n) is 22.6. The van der Waals surface area contributed by atoms with E-state index in [1.54, 1.807) is 34.6 Å². The molecule has 0 saturated carbocycles. The van der Waals surface area contributed by atoms with Crippen LogP contribution < -0.4 is 9.47 Å². The van der Waals surface area contributed by atoms with Gasteiger partial charge in [0, 0.05) is 17.1 Å². The molecule has 0 spiro atoms. The summed E-state index contributed by atoms with van der Waals surface area (Å²) >= 11 is 0. The largest absolute Gasteiger partial charge is 0.507 e. The number of carbonyl (C=O) groups is 3. The number of ketones is 3. The number of carbonyl (C=O) groups excluding carboxylic acids is 3. The monoisotopic (exact) mass is 522 g/mol. The predicted octanol–water partition coefficient (Wildman–Crippen LogP) is 6.39. The van der Waals surface area contributed by atoms with Gasteiger partial charge >= 0.3 is 0 Å². The lowest BCUT2D eigenvalue weighted by molar-refractivity contribution is -0.144. The fourth-order valence-electron chi connectivity index (χ4n) is 6.36. The number of fused-ring (bicyclic) bond motifs is 3. The Morgan fingerprint density at radius 2 is 1.41 bits per heavy atom. The summed E-state index contributed by atoms with van der Waals surface area (Å²) < 4.78 is 13.0. The standard InChI is InChI=1S/C33H30O6/c1-17-26(35)23-20(34)16-21(18-12-8-6-9-13-18)38-28(23)24-22(19-14-10-7-11-15-19)25-29(36)32(2,3)31(37)33(4,5)30(25)39-27(17)24/h6-15,21-22,35H,16H2,1-5H3/t21-,22?/m0/s1. The Hall–Kier alpha value is -4.19. The zero-order valence-corrected chi connectivity index (χ0v) is 22.6. The number of hydrogen-bond donors (Lipinski definition) is 1. The molecule has 0 aromatic heterocycles. The van der Waals surface area contributed by atoms with Gasteiger partial charge in [-0.05, 0) is 45.7 Å². The first kappa shape index (κ1) is 25.1. The number of aromatic hydroxyl groups is 1. The van der Waals surface area contributed by atoms with Gasteiger partial charge in [-0.1, -0.05) is 60.7 Å². The van der Waals surface area contributed by atoms with Gasteiger partial charge in [0.25, 0.3) is 0 Å². The average molecular weight is 523 g/mol. The molecular formula is C33H30O6. The summed E-state index contributed by atoms with van der Waals surface area (Å²) in [6.45, 7) is 8.53. The van der Waals surface area contributed by atoms with E-state index in [-0.39, 0.29) is 46.6 Å². The lowest BCUT2D eigenvalue weighted by Gasteiger charge is -2.45. The van der Waals surface area contributed by atoms with Crippen molar-refractivity contribution in [1.82, 2.24) is 0 Å². The van der Waals surface area contributed by atoms with E-state index < -0.39 is 22.9 Å². The maximum Gasteiger partial charge on any atom is 0.176 e. The second kappa shape index (κ2) is 8.40. The van der Waals surface area contributed by atoms with Gasteiger partial charge in [0.1, 0.15) is 34.7 Å². The minimum absolute atomic E-state index is 0.0705. The zero-order chi connectivity index (χ0) is 27.9. The summed E-state index contributed by atoms with van der Waals surface area (Å²) in [5.74, 6) is -0.852. The van der Waals surface area contributed by atoms with Crippen molar-refractivity contribution in [3.63, 3.8) is 0 Å². The van der Waals surface area contributed by atoms with Gasteiger partial charge in [-0.2, -0.15) is 0 Å². The van der Waals surface area contributed by atoms with Gasteiger partial charge < -0.3 is 14.6 Å². The number of phenolic OH excluding ortho intramolecular Hbond substituents is 1. The fraction of sp³-hybridized carbons (Fsp3) is 0.303. The summed E-state index contributed by atoms with van der Waals surface area (Å²) in [5.41, 5.74) is 0.636. The minimum atomic E-state index is -1.27. The van der Waals surface area contributed by atoms with E-state index in [0.29, 0.717) is 22.4 Å². The third-order valence-electron chi connectivity index (χ3n) is 8.40. The summed E-state index contributed by atoms with van der Waals surface area (Å²) in [6, 6.07) is 19.0. The van der Waals surface area contributed by atoms with E-state index in [1.807, 2.05) is 60.7 Å². The molecule has 2 aliphatic heterocycles. The molecule has 0 saturated heterocycles. The topological polar surface area (TPSA) is 89.9 Å². The maximum absolute atomic E-state index is 14.1.